The predicted octanol–water partition coefficient (Wildman–Crippen LogP) is 1.17. The van der Waals surface area contributed by atoms with Gasteiger partial charge in [-0.15, -0.1) is 0 Å². The number of carbonyl (C=O) groups excluding carboxylic acids is 1. The molecule has 0 aliphatic heterocycles. The summed E-state index contributed by atoms with van der Waals surface area (Å²) in [4.78, 5) is 23.3. The molecular formula is C16H13F2N5O2. The molecule has 1 aromatic carbocycles. The minimum atomic E-state index is -0.743. The van der Waals surface area contributed by atoms with Crippen LogP contribution < -0.4 is 10.9 Å². The first-order chi connectivity index (χ1) is 11.9. The average Bonchev–Trinajstić information content (AvgIpc) is 3.04. The molecule has 0 aliphatic rings. The molecule has 0 unspecified atom stereocenters. The molecule has 1 N–H and O–H groups in total. The molecule has 2 heterocycles. The third kappa shape index (κ3) is 3.60. The summed E-state index contributed by atoms with van der Waals surface area (Å²) >= 11 is 0. The number of amides is 1. The number of rotatable bonds is 4. The van der Waals surface area contributed by atoms with Gasteiger partial charge in [-0.3, -0.25) is 9.59 Å². The molecule has 0 fully saturated rings. The molecule has 0 saturated heterocycles. The number of benzene rings is 1. The summed E-state index contributed by atoms with van der Waals surface area (Å²) in [5.41, 5.74) is 0.485. The molecule has 7 nitrogen and oxygen atoms in total. The van der Waals surface area contributed by atoms with Gasteiger partial charge in [0.25, 0.3) is 11.5 Å². The number of carbonyl (C=O) groups is 1. The Morgan fingerprint density at radius 3 is 2.76 bits per heavy atom. The van der Waals surface area contributed by atoms with Gasteiger partial charge in [0.2, 0.25) is 0 Å². The lowest BCUT2D eigenvalue weighted by Gasteiger charge is -2.04. The molecule has 128 valence electrons. The molecule has 0 atom stereocenters. The lowest BCUT2D eigenvalue weighted by molar-refractivity contribution is 0.0943. The summed E-state index contributed by atoms with van der Waals surface area (Å²) < 4.78 is 29.0. The third-order valence-corrected chi connectivity index (χ3v) is 3.44. The molecule has 0 aliphatic carbocycles. The van der Waals surface area contributed by atoms with Crippen molar-refractivity contribution in [3.63, 3.8) is 0 Å². The first-order valence-corrected chi connectivity index (χ1v) is 7.25. The van der Waals surface area contributed by atoms with Crippen molar-refractivity contribution in [1.82, 2.24) is 24.9 Å². The number of aryl methyl sites for hydroxylation is 1. The van der Waals surface area contributed by atoms with Crippen molar-refractivity contribution in [2.24, 2.45) is 7.05 Å². The smallest absolute Gasteiger partial charge is 0.271 e. The lowest BCUT2D eigenvalue weighted by atomic mass is 10.3. The molecule has 0 bridgehead atoms. The van der Waals surface area contributed by atoms with Crippen LogP contribution >= 0.6 is 0 Å². The van der Waals surface area contributed by atoms with Crippen LogP contribution in [0, 0.1) is 11.6 Å². The second-order valence-corrected chi connectivity index (χ2v) is 5.25. The van der Waals surface area contributed by atoms with Gasteiger partial charge in [-0.1, -0.05) is 0 Å². The second kappa shape index (κ2) is 6.63. The van der Waals surface area contributed by atoms with Gasteiger partial charge in [0.15, 0.2) is 5.82 Å². The van der Waals surface area contributed by atoms with E-state index in [1.807, 2.05) is 0 Å². The molecule has 3 rings (SSSR count). The number of nitrogens with one attached hydrogen (secondary N) is 1. The Labute approximate surface area is 140 Å². The van der Waals surface area contributed by atoms with Gasteiger partial charge in [-0.05, 0) is 18.2 Å². The van der Waals surface area contributed by atoms with E-state index >= 15 is 0 Å². The standard InChI is InChI=1S/C16H13F2N5O2/c1-22-15(24)5-3-13(21-22)16(25)19-7-10-8-20-23(9-10)14-4-2-11(17)6-12(14)18/h2-6,8-9H,7H2,1H3,(H,19,25). The zero-order chi connectivity index (χ0) is 18.0. The zero-order valence-electron chi connectivity index (χ0n) is 13.1. The van der Waals surface area contributed by atoms with Gasteiger partial charge in [0, 0.05) is 37.5 Å². The summed E-state index contributed by atoms with van der Waals surface area (Å²) in [5, 5.41) is 10.5. The van der Waals surface area contributed by atoms with E-state index in [0.29, 0.717) is 5.56 Å². The maximum absolute atomic E-state index is 13.7. The molecule has 2 aromatic heterocycles. The quantitative estimate of drug-likeness (QED) is 0.770. The molecule has 25 heavy (non-hydrogen) atoms. The predicted molar refractivity (Wildman–Crippen MR) is 84.1 cm³/mol. The molecule has 9 heteroatoms. The summed E-state index contributed by atoms with van der Waals surface area (Å²) in [6.45, 7) is 0.131. The molecule has 1 amide bonds. The van der Waals surface area contributed by atoms with Gasteiger partial charge >= 0.3 is 0 Å². The Kier molecular flexibility index (Phi) is 4.38. The fourth-order valence-electron chi connectivity index (χ4n) is 2.15. The molecule has 3 aromatic rings. The van der Waals surface area contributed by atoms with Crippen LogP contribution in [0.25, 0.3) is 5.69 Å². The molecule has 0 radical (unpaired) electrons. The van der Waals surface area contributed by atoms with Crippen LogP contribution in [0.15, 0.2) is 47.5 Å². The van der Waals surface area contributed by atoms with Gasteiger partial charge < -0.3 is 5.32 Å². The monoisotopic (exact) mass is 345 g/mol. The van der Waals surface area contributed by atoms with E-state index in [9.17, 15) is 18.4 Å². The first-order valence-electron chi connectivity index (χ1n) is 7.25. The maximum Gasteiger partial charge on any atom is 0.271 e. The topological polar surface area (TPSA) is 81.8 Å². The minimum absolute atomic E-state index is 0.0960. The van der Waals surface area contributed by atoms with Crippen molar-refractivity contribution in [1.29, 1.82) is 0 Å². The van der Waals surface area contributed by atoms with Crippen molar-refractivity contribution >= 4 is 5.91 Å². The SMILES string of the molecule is Cn1nc(C(=O)NCc2cnn(-c3ccc(F)cc3F)c2)ccc1=O. The Hall–Kier alpha value is -3.36. The highest BCUT2D eigenvalue weighted by Crippen LogP contribution is 2.14. The van der Waals surface area contributed by atoms with E-state index in [4.69, 9.17) is 0 Å². The number of hydrogen-bond acceptors (Lipinski definition) is 4. The Bertz CT molecular complexity index is 996. The van der Waals surface area contributed by atoms with Gasteiger partial charge in [-0.2, -0.15) is 10.2 Å². The fraction of sp³-hybridized carbons (Fsp3) is 0.125. The summed E-state index contributed by atoms with van der Waals surface area (Å²) in [6, 6.07) is 5.75. The van der Waals surface area contributed by atoms with Crippen LogP contribution in [0.1, 0.15) is 16.1 Å². The number of hydrogen-bond donors (Lipinski definition) is 1. The third-order valence-electron chi connectivity index (χ3n) is 3.44. The second-order valence-electron chi connectivity index (χ2n) is 5.25. The largest absolute Gasteiger partial charge is 0.346 e. The minimum Gasteiger partial charge on any atom is -0.346 e. The van der Waals surface area contributed by atoms with E-state index in [2.05, 4.69) is 15.5 Å². The van der Waals surface area contributed by atoms with Crippen molar-refractivity contribution in [3.8, 4) is 5.69 Å². The van der Waals surface area contributed by atoms with Gasteiger partial charge in [0.1, 0.15) is 17.2 Å². The van der Waals surface area contributed by atoms with Crippen LogP contribution in [0.2, 0.25) is 0 Å². The highest BCUT2D eigenvalue weighted by molar-refractivity contribution is 5.91. The number of nitrogens with zero attached hydrogens (tertiary/aromatic N) is 4. The fourth-order valence-corrected chi connectivity index (χ4v) is 2.15. The summed E-state index contributed by atoms with van der Waals surface area (Å²) in [5.74, 6) is -1.88. The van der Waals surface area contributed by atoms with E-state index in [1.165, 1.54) is 42.3 Å². The van der Waals surface area contributed by atoms with Crippen molar-refractivity contribution in [2.75, 3.05) is 0 Å². The van der Waals surface area contributed by atoms with Crippen molar-refractivity contribution in [2.45, 2.75) is 6.54 Å². The number of aromatic nitrogens is 4. The van der Waals surface area contributed by atoms with Crippen LogP contribution in [0.3, 0.4) is 0 Å². The number of halogens is 2. The van der Waals surface area contributed by atoms with Crippen LogP contribution in [-0.4, -0.2) is 25.5 Å². The lowest BCUT2D eigenvalue weighted by Crippen LogP contribution is -2.28. The normalized spacial score (nSPS) is 10.7. The average molecular weight is 345 g/mol. The van der Waals surface area contributed by atoms with E-state index < -0.39 is 17.5 Å². The highest BCUT2D eigenvalue weighted by Gasteiger charge is 2.11. The van der Waals surface area contributed by atoms with Crippen LogP contribution in [0.4, 0.5) is 8.78 Å². The van der Waals surface area contributed by atoms with E-state index in [1.54, 1.807) is 0 Å². The van der Waals surface area contributed by atoms with E-state index in [0.717, 1.165) is 16.8 Å². The van der Waals surface area contributed by atoms with Gasteiger partial charge in [-0.25, -0.2) is 18.1 Å². The molecule has 0 saturated carbocycles. The van der Waals surface area contributed by atoms with Crippen LogP contribution in [-0.2, 0) is 13.6 Å². The van der Waals surface area contributed by atoms with Crippen LogP contribution in [0.5, 0.6) is 0 Å². The van der Waals surface area contributed by atoms with E-state index in [-0.39, 0.29) is 23.5 Å². The molecule has 0 spiro atoms. The van der Waals surface area contributed by atoms with Crippen molar-refractivity contribution < 1.29 is 13.6 Å². The highest BCUT2D eigenvalue weighted by atomic mass is 19.1. The summed E-state index contributed by atoms with van der Waals surface area (Å²) in [6.07, 6.45) is 2.97. The zero-order valence-corrected chi connectivity index (χ0v) is 13.1. The maximum atomic E-state index is 13.7. The Morgan fingerprint density at radius 1 is 1.24 bits per heavy atom. The Balaban J connectivity index is 1.70. The summed E-state index contributed by atoms with van der Waals surface area (Å²) in [7, 11) is 1.44. The van der Waals surface area contributed by atoms with Gasteiger partial charge in [0.05, 0.1) is 6.20 Å². The van der Waals surface area contributed by atoms with Crippen molar-refractivity contribution in [3.05, 3.63) is 76.0 Å². The first kappa shape index (κ1) is 16.5. The Morgan fingerprint density at radius 2 is 2.04 bits per heavy atom. The molecular weight excluding hydrogens is 332 g/mol.